The van der Waals surface area contributed by atoms with Crippen LogP contribution in [-0.2, 0) is 9.59 Å². The summed E-state index contributed by atoms with van der Waals surface area (Å²) in [6.45, 7) is 2.85. The van der Waals surface area contributed by atoms with Crippen molar-refractivity contribution in [2.24, 2.45) is 0 Å². The maximum absolute atomic E-state index is 12.8. The Morgan fingerprint density at radius 2 is 1.52 bits per heavy atom. The number of rotatable bonds is 7. The van der Waals surface area contributed by atoms with Crippen LogP contribution in [0.2, 0.25) is 0 Å². The van der Waals surface area contributed by atoms with Crippen LogP contribution in [0, 0.1) is 5.82 Å². The molecule has 0 radical (unpaired) electrons. The summed E-state index contributed by atoms with van der Waals surface area (Å²) < 4.78 is 12.8. The number of nitrogens with zero attached hydrogens (tertiary/aromatic N) is 1. The predicted octanol–water partition coefficient (Wildman–Crippen LogP) is 1.96. The zero-order valence-electron chi connectivity index (χ0n) is 14.9. The number of carbonyl (C=O) groups is 3. The first kappa shape index (κ1) is 22.5. The van der Waals surface area contributed by atoms with Crippen LogP contribution in [0.25, 0.3) is 0 Å². The minimum absolute atomic E-state index is 0.322. The highest BCUT2D eigenvalue weighted by Crippen LogP contribution is 2.12. The lowest BCUT2D eigenvalue weighted by Crippen LogP contribution is -2.34. The van der Waals surface area contributed by atoms with Crippen molar-refractivity contribution >= 4 is 17.7 Å². The third kappa shape index (κ3) is 9.62. The van der Waals surface area contributed by atoms with E-state index in [1.54, 1.807) is 0 Å². The quantitative estimate of drug-likeness (QED) is 0.488. The molecule has 7 nitrogen and oxygen atoms in total. The van der Waals surface area contributed by atoms with Gasteiger partial charge in [-0.3, -0.25) is 4.79 Å². The van der Waals surface area contributed by atoms with Gasteiger partial charge < -0.3 is 20.2 Å². The molecule has 1 unspecified atom stereocenters. The molecule has 0 spiro atoms. The van der Waals surface area contributed by atoms with Gasteiger partial charge in [-0.05, 0) is 56.6 Å². The van der Waals surface area contributed by atoms with Crippen LogP contribution in [0.4, 0.5) is 4.39 Å². The molecule has 1 saturated heterocycles. The number of carbonyl (C=O) groups excluding carboxylic acids is 1. The predicted molar refractivity (Wildman–Crippen MR) is 96.1 cm³/mol. The monoisotopic (exact) mass is 381 g/mol. The van der Waals surface area contributed by atoms with E-state index in [4.69, 9.17) is 10.2 Å². The molecule has 148 valence electrons. The number of hydrogen-bond donors (Lipinski definition) is 3. The molecule has 1 fully saturated rings. The van der Waals surface area contributed by atoms with Crippen LogP contribution >= 0.6 is 0 Å². The minimum Gasteiger partial charge on any atom is -0.478 e. The van der Waals surface area contributed by atoms with E-state index in [-0.39, 0.29) is 11.6 Å². The SMILES string of the molecule is O=C(O)/C=C\C(=O)O.O=C(c1ccc(F)cc1)C(O)CCN1CCCCC1. The normalized spacial score (nSPS) is 15.6. The number of aliphatic carboxylic acids is 2. The molecule has 27 heavy (non-hydrogen) atoms. The van der Waals surface area contributed by atoms with E-state index in [1.807, 2.05) is 0 Å². The second kappa shape index (κ2) is 11.9. The topological polar surface area (TPSA) is 115 Å². The smallest absolute Gasteiger partial charge is 0.328 e. The van der Waals surface area contributed by atoms with Crippen LogP contribution in [0.3, 0.4) is 0 Å². The van der Waals surface area contributed by atoms with Crippen molar-refractivity contribution in [1.82, 2.24) is 4.90 Å². The van der Waals surface area contributed by atoms with Crippen molar-refractivity contribution in [3.63, 3.8) is 0 Å². The van der Waals surface area contributed by atoms with Gasteiger partial charge in [0.2, 0.25) is 0 Å². The average molecular weight is 381 g/mol. The van der Waals surface area contributed by atoms with E-state index in [9.17, 15) is 23.9 Å². The van der Waals surface area contributed by atoms with Crippen LogP contribution in [-0.4, -0.2) is 63.7 Å². The molecule has 0 aliphatic carbocycles. The summed E-state index contributed by atoms with van der Waals surface area (Å²) in [5.41, 5.74) is 0.368. The van der Waals surface area contributed by atoms with Crippen molar-refractivity contribution in [2.75, 3.05) is 19.6 Å². The van der Waals surface area contributed by atoms with E-state index in [0.717, 1.165) is 19.6 Å². The zero-order chi connectivity index (χ0) is 20.2. The van der Waals surface area contributed by atoms with Gasteiger partial charge in [-0.1, -0.05) is 6.42 Å². The molecule has 1 aliphatic heterocycles. The molecule has 1 aliphatic rings. The van der Waals surface area contributed by atoms with Gasteiger partial charge in [0.1, 0.15) is 11.9 Å². The summed E-state index contributed by atoms with van der Waals surface area (Å²) in [5, 5.41) is 25.5. The van der Waals surface area contributed by atoms with E-state index in [1.165, 1.54) is 43.5 Å². The summed E-state index contributed by atoms with van der Waals surface area (Å²) in [4.78, 5) is 33.3. The molecule has 1 atom stereocenters. The van der Waals surface area contributed by atoms with Crippen LogP contribution in [0.5, 0.6) is 0 Å². The van der Waals surface area contributed by atoms with Crippen LogP contribution < -0.4 is 0 Å². The van der Waals surface area contributed by atoms with Gasteiger partial charge in [0.25, 0.3) is 0 Å². The maximum Gasteiger partial charge on any atom is 0.328 e. The first-order valence-corrected chi connectivity index (χ1v) is 8.63. The van der Waals surface area contributed by atoms with Crippen LogP contribution in [0.1, 0.15) is 36.0 Å². The molecule has 0 bridgehead atoms. The van der Waals surface area contributed by atoms with Gasteiger partial charge in [-0.15, -0.1) is 0 Å². The summed E-state index contributed by atoms with van der Waals surface area (Å²) in [5.74, 6) is -3.21. The lowest BCUT2D eigenvalue weighted by Gasteiger charge is -2.27. The highest BCUT2D eigenvalue weighted by Gasteiger charge is 2.19. The Kier molecular flexibility index (Phi) is 9.92. The summed E-state index contributed by atoms with van der Waals surface area (Å²) in [6.07, 6.45) is 4.23. The third-order valence-electron chi connectivity index (χ3n) is 3.97. The fraction of sp³-hybridized carbons (Fsp3) is 0.421. The number of Topliss-reactive ketones (excluding diaryl/α,β-unsaturated/α-hetero) is 1. The van der Waals surface area contributed by atoms with Crippen molar-refractivity contribution < 1.29 is 34.1 Å². The van der Waals surface area contributed by atoms with E-state index < -0.39 is 18.0 Å². The third-order valence-corrected chi connectivity index (χ3v) is 3.97. The molecule has 3 N–H and O–H groups in total. The summed E-state index contributed by atoms with van der Waals surface area (Å²) in [6, 6.07) is 5.32. The lowest BCUT2D eigenvalue weighted by atomic mass is 10.0. The van der Waals surface area contributed by atoms with Crippen molar-refractivity contribution in [3.05, 3.63) is 47.8 Å². The number of carboxylic acid groups (broad SMARTS) is 2. The number of benzene rings is 1. The average Bonchev–Trinajstić information content (AvgIpc) is 2.66. The van der Waals surface area contributed by atoms with Gasteiger partial charge in [-0.25, -0.2) is 14.0 Å². The first-order valence-electron chi connectivity index (χ1n) is 8.63. The second-order valence-corrected chi connectivity index (χ2v) is 6.09. The maximum atomic E-state index is 12.8. The second-order valence-electron chi connectivity index (χ2n) is 6.09. The number of likely N-dealkylation sites (tertiary alicyclic amines) is 1. The lowest BCUT2D eigenvalue weighted by molar-refractivity contribution is -0.134. The molecule has 0 amide bonds. The standard InChI is InChI=1S/C15H20FNO2.C4H4O4/c16-13-6-4-12(5-7-13)15(19)14(18)8-11-17-9-2-1-3-10-17;5-3(6)1-2-4(7)8/h4-7,14,18H,1-3,8-11H2;1-2H,(H,5,6)(H,7,8)/b;2-1-. The van der Waals surface area contributed by atoms with Crippen molar-refractivity contribution in [1.29, 1.82) is 0 Å². The molecule has 1 aromatic rings. The molecule has 1 heterocycles. The Morgan fingerprint density at radius 1 is 1.00 bits per heavy atom. The molecule has 0 saturated carbocycles. The van der Waals surface area contributed by atoms with Gasteiger partial charge in [0.05, 0.1) is 0 Å². The van der Waals surface area contributed by atoms with Crippen molar-refractivity contribution in [3.8, 4) is 0 Å². The molecule has 0 aromatic heterocycles. The van der Waals surface area contributed by atoms with E-state index in [2.05, 4.69) is 4.90 Å². The van der Waals surface area contributed by atoms with Gasteiger partial charge in [0.15, 0.2) is 5.78 Å². The fourth-order valence-corrected chi connectivity index (χ4v) is 2.57. The highest BCUT2D eigenvalue weighted by atomic mass is 19.1. The Labute approximate surface area is 156 Å². The first-order chi connectivity index (χ1) is 12.8. The highest BCUT2D eigenvalue weighted by molar-refractivity contribution is 5.99. The number of carboxylic acids is 2. The molecular weight excluding hydrogens is 357 g/mol. The number of ketones is 1. The Bertz CT molecular complexity index is 637. The van der Waals surface area contributed by atoms with Gasteiger partial charge >= 0.3 is 11.9 Å². The van der Waals surface area contributed by atoms with Crippen molar-refractivity contribution in [2.45, 2.75) is 31.8 Å². The largest absolute Gasteiger partial charge is 0.478 e. The minimum atomic E-state index is -1.26. The summed E-state index contributed by atoms with van der Waals surface area (Å²) in [7, 11) is 0. The molecule has 1 aromatic carbocycles. The number of hydrogen-bond acceptors (Lipinski definition) is 5. The van der Waals surface area contributed by atoms with E-state index >= 15 is 0 Å². The number of halogens is 1. The van der Waals surface area contributed by atoms with Gasteiger partial charge in [0, 0.05) is 24.3 Å². The zero-order valence-corrected chi connectivity index (χ0v) is 14.9. The Morgan fingerprint density at radius 3 is 2.00 bits per heavy atom. The molecule has 2 rings (SSSR count). The number of aliphatic hydroxyl groups is 1. The number of aliphatic hydroxyl groups excluding tert-OH is 1. The molecular formula is C19H24FNO6. The molecule has 8 heteroatoms. The van der Waals surface area contributed by atoms with E-state index in [0.29, 0.717) is 24.1 Å². The van der Waals surface area contributed by atoms with Crippen LogP contribution in [0.15, 0.2) is 36.4 Å². The van der Waals surface area contributed by atoms with Gasteiger partial charge in [-0.2, -0.15) is 0 Å². The summed E-state index contributed by atoms with van der Waals surface area (Å²) >= 11 is 0. The Hall–Kier alpha value is -2.58. The Balaban J connectivity index is 0.000000387. The number of piperidine rings is 1. The fourth-order valence-electron chi connectivity index (χ4n) is 2.57.